The number of aromatic nitrogens is 5. The van der Waals surface area contributed by atoms with E-state index in [1.165, 1.54) is 11.1 Å². The summed E-state index contributed by atoms with van der Waals surface area (Å²) in [5, 5.41) is 17.7. The van der Waals surface area contributed by atoms with Crippen LogP contribution in [0.1, 0.15) is 49.6 Å². The molecule has 174 valence electrons. The molecule has 0 radical (unpaired) electrons. The zero-order chi connectivity index (χ0) is 23.4. The molecular weight excluding hydrogens is 430 g/mol. The van der Waals surface area contributed by atoms with Gasteiger partial charge in [0.15, 0.2) is 5.65 Å². The van der Waals surface area contributed by atoms with Crippen LogP contribution in [0.3, 0.4) is 0 Å². The number of pyridine rings is 1. The molecular formula is C25H27N7O2. The first kappa shape index (κ1) is 21.0. The van der Waals surface area contributed by atoms with Crippen molar-refractivity contribution in [3.63, 3.8) is 0 Å². The van der Waals surface area contributed by atoms with Gasteiger partial charge < -0.3 is 15.7 Å². The summed E-state index contributed by atoms with van der Waals surface area (Å²) in [6, 6.07) is 10.1. The highest BCUT2D eigenvalue weighted by atomic mass is 16.3. The monoisotopic (exact) mass is 457 g/mol. The number of fused-ring (bicyclic) bond motifs is 2. The van der Waals surface area contributed by atoms with Crippen LogP contribution in [0.25, 0.3) is 16.7 Å². The van der Waals surface area contributed by atoms with Crippen molar-refractivity contribution >= 4 is 22.7 Å². The summed E-state index contributed by atoms with van der Waals surface area (Å²) >= 11 is 0. The van der Waals surface area contributed by atoms with E-state index in [1.807, 2.05) is 22.9 Å². The SMILES string of the molecule is CC(C)(O)c1cc(-n2c3nc(Nc4ccc5c(c4)CNCC5)ncc3c(=O)n2C2CC2)ccn1. The molecule has 1 saturated carbocycles. The highest BCUT2D eigenvalue weighted by molar-refractivity contribution is 5.77. The maximum atomic E-state index is 13.3. The third-order valence-corrected chi connectivity index (χ3v) is 6.48. The van der Waals surface area contributed by atoms with Crippen LogP contribution in [0.4, 0.5) is 11.6 Å². The van der Waals surface area contributed by atoms with Crippen LogP contribution in [-0.2, 0) is 18.6 Å². The second kappa shape index (κ2) is 7.75. The van der Waals surface area contributed by atoms with E-state index < -0.39 is 5.60 Å². The summed E-state index contributed by atoms with van der Waals surface area (Å²) in [7, 11) is 0. The van der Waals surface area contributed by atoms with Crippen molar-refractivity contribution in [2.45, 2.75) is 51.3 Å². The average Bonchev–Trinajstić information content (AvgIpc) is 3.62. The van der Waals surface area contributed by atoms with E-state index in [0.717, 1.165) is 43.7 Å². The smallest absolute Gasteiger partial charge is 0.278 e. The fourth-order valence-electron chi connectivity index (χ4n) is 4.53. The van der Waals surface area contributed by atoms with Crippen molar-refractivity contribution in [3.8, 4) is 5.69 Å². The van der Waals surface area contributed by atoms with Gasteiger partial charge >= 0.3 is 0 Å². The Bertz CT molecular complexity index is 1460. The second-order valence-corrected chi connectivity index (χ2v) is 9.62. The normalized spacial score (nSPS) is 16.0. The standard InChI is InChI=1S/C25H27N7O2/c1-25(2,34)21-12-19(8-10-27-21)31-22-20(23(33)32(31)18-5-6-18)14-28-24(30-22)29-17-4-3-15-7-9-26-13-16(15)11-17/h3-4,8,10-12,14,18,26,34H,5-7,9,13H2,1-2H3,(H,28,29,30). The zero-order valence-electron chi connectivity index (χ0n) is 19.2. The van der Waals surface area contributed by atoms with Crippen LogP contribution in [0.15, 0.2) is 47.5 Å². The van der Waals surface area contributed by atoms with Crippen LogP contribution >= 0.6 is 0 Å². The summed E-state index contributed by atoms with van der Waals surface area (Å²) in [6.45, 7) is 5.23. The molecule has 3 N–H and O–H groups in total. The molecule has 4 aromatic rings. The summed E-state index contributed by atoms with van der Waals surface area (Å²) in [5.41, 5.74) is 4.11. The molecule has 0 amide bonds. The lowest BCUT2D eigenvalue weighted by Gasteiger charge is -2.19. The zero-order valence-corrected chi connectivity index (χ0v) is 19.2. The Kier molecular flexibility index (Phi) is 4.79. The minimum Gasteiger partial charge on any atom is -0.384 e. The van der Waals surface area contributed by atoms with Gasteiger partial charge in [0.2, 0.25) is 5.95 Å². The van der Waals surface area contributed by atoms with Gasteiger partial charge in [0.05, 0.1) is 17.4 Å². The largest absolute Gasteiger partial charge is 0.384 e. The lowest BCUT2D eigenvalue weighted by Crippen LogP contribution is -2.23. The highest BCUT2D eigenvalue weighted by Gasteiger charge is 2.31. The van der Waals surface area contributed by atoms with Gasteiger partial charge in [-0.25, -0.2) is 14.3 Å². The van der Waals surface area contributed by atoms with E-state index in [1.54, 1.807) is 30.9 Å². The van der Waals surface area contributed by atoms with E-state index in [0.29, 0.717) is 22.7 Å². The summed E-state index contributed by atoms with van der Waals surface area (Å²) in [5.74, 6) is 0.426. The van der Waals surface area contributed by atoms with Crippen LogP contribution in [-0.4, -0.2) is 36.0 Å². The van der Waals surface area contributed by atoms with Crippen LogP contribution < -0.4 is 16.2 Å². The van der Waals surface area contributed by atoms with E-state index in [2.05, 4.69) is 32.7 Å². The Morgan fingerprint density at radius 1 is 1.15 bits per heavy atom. The van der Waals surface area contributed by atoms with Crippen LogP contribution in [0, 0.1) is 0 Å². The first-order valence-electron chi connectivity index (χ1n) is 11.7. The van der Waals surface area contributed by atoms with Gasteiger partial charge in [0, 0.05) is 24.6 Å². The molecule has 0 unspecified atom stereocenters. The summed E-state index contributed by atoms with van der Waals surface area (Å²) < 4.78 is 3.60. The predicted molar refractivity (Wildman–Crippen MR) is 130 cm³/mol. The minimum absolute atomic E-state index is 0.106. The molecule has 0 saturated heterocycles. The average molecular weight is 458 g/mol. The lowest BCUT2D eigenvalue weighted by molar-refractivity contribution is 0.0738. The van der Waals surface area contributed by atoms with Gasteiger partial charge in [-0.2, -0.15) is 4.98 Å². The Morgan fingerprint density at radius 3 is 2.79 bits per heavy atom. The molecule has 0 atom stereocenters. The van der Waals surface area contributed by atoms with E-state index in [-0.39, 0.29) is 11.6 Å². The quantitative estimate of drug-likeness (QED) is 0.423. The van der Waals surface area contributed by atoms with Crippen molar-refractivity contribution in [3.05, 3.63) is 69.9 Å². The second-order valence-electron chi connectivity index (χ2n) is 9.62. The highest BCUT2D eigenvalue weighted by Crippen LogP contribution is 2.36. The fraction of sp³-hybridized carbons (Fsp3) is 0.360. The Balaban J connectivity index is 1.46. The number of aliphatic hydroxyl groups is 1. The van der Waals surface area contributed by atoms with Crippen LogP contribution in [0.2, 0.25) is 0 Å². The molecule has 4 heterocycles. The molecule has 3 aromatic heterocycles. The molecule has 1 aliphatic carbocycles. The number of hydrogen-bond acceptors (Lipinski definition) is 7. The van der Waals surface area contributed by atoms with Gasteiger partial charge in [-0.15, -0.1) is 0 Å². The van der Waals surface area contributed by atoms with Gasteiger partial charge in [0.25, 0.3) is 5.56 Å². The van der Waals surface area contributed by atoms with E-state index in [9.17, 15) is 9.90 Å². The molecule has 9 nitrogen and oxygen atoms in total. The van der Waals surface area contributed by atoms with Crippen LogP contribution in [0.5, 0.6) is 0 Å². The van der Waals surface area contributed by atoms with Gasteiger partial charge in [-0.05, 0) is 75.0 Å². The van der Waals surface area contributed by atoms with Crippen molar-refractivity contribution in [2.24, 2.45) is 0 Å². The van der Waals surface area contributed by atoms with E-state index >= 15 is 0 Å². The van der Waals surface area contributed by atoms with Crippen molar-refractivity contribution < 1.29 is 5.11 Å². The number of hydrogen-bond donors (Lipinski definition) is 3. The van der Waals surface area contributed by atoms with Crippen molar-refractivity contribution in [1.29, 1.82) is 0 Å². The minimum atomic E-state index is -1.10. The van der Waals surface area contributed by atoms with Crippen molar-refractivity contribution in [1.82, 2.24) is 29.6 Å². The van der Waals surface area contributed by atoms with Crippen molar-refractivity contribution in [2.75, 3.05) is 11.9 Å². The fourth-order valence-corrected chi connectivity index (χ4v) is 4.53. The van der Waals surface area contributed by atoms with Gasteiger partial charge in [-0.1, -0.05) is 6.07 Å². The molecule has 0 spiro atoms. The molecule has 1 aromatic carbocycles. The predicted octanol–water partition coefficient (Wildman–Crippen LogP) is 2.93. The number of rotatable bonds is 5. The molecule has 0 bridgehead atoms. The molecule has 2 aliphatic rings. The Hall–Kier alpha value is -3.56. The third kappa shape index (κ3) is 3.66. The first-order valence-corrected chi connectivity index (χ1v) is 11.7. The Labute approximate surface area is 196 Å². The molecule has 6 rings (SSSR count). The van der Waals surface area contributed by atoms with Gasteiger partial charge in [0.1, 0.15) is 11.0 Å². The maximum absolute atomic E-state index is 13.3. The van der Waals surface area contributed by atoms with E-state index in [4.69, 9.17) is 4.98 Å². The number of nitrogens with zero attached hydrogens (tertiary/aromatic N) is 5. The number of nitrogens with one attached hydrogen (secondary N) is 2. The lowest BCUT2D eigenvalue weighted by atomic mass is 10.0. The topological polar surface area (TPSA) is 110 Å². The van der Waals surface area contributed by atoms with Gasteiger partial charge in [-0.3, -0.25) is 9.78 Å². The molecule has 34 heavy (non-hydrogen) atoms. The molecule has 1 aliphatic heterocycles. The summed E-state index contributed by atoms with van der Waals surface area (Å²) in [6.07, 6.45) is 6.17. The maximum Gasteiger partial charge on any atom is 0.278 e. The Morgan fingerprint density at radius 2 is 2.00 bits per heavy atom. The summed E-state index contributed by atoms with van der Waals surface area (Å²) in [4.78, 5) is 26.8. The molecule has 1 fully saturated rings. The molecule has 9 heteroatoms. The first-order chi connectivity index (χ1) is 16.4. The third-order valence-electron chi connectivity index (χ3n) is 6.48. The number of anilines is 2. The number of benzene rings is 1.